The lowest BCUT2D eigenvalue weighted by molar-refractivity contribution is -0.138. The van der Waals surface area contributed by atoms with E-state index in [1.54, 1.807) is 18.3 Å². The Bertz CT molecular complexity index is 1310. The number of benzene rings is 1. The highest BCUT2D eigenvalue weighted by Gasteiger charge is 2.31. The number of pyridine rings is 1. The van der Waals surface area contributed by atoms with Gasteiger partial charge in [-0.15, -0.1) is 11.3 Å². The number of ether oxygens (including phenoxy) is 1. The predicted molar refractivity (Wildman–Crippen MR) is 122 cm³/mol. The number of imide groups is 1. The number of likely N-dealkylation sites (tertiary alicyclic amines) is 1. The Balaban J connectivity index is 1.59. The van der Waals surface area contributed by atoms with Gasteiger partial charge in [0.1, 0.15) is 11.9 Å². The molecule has 2 amide bonds. The first kappa shape index (κ1) is 21.8. The van der Waals surface area contributed by atoms with Crippen molar-refractivity contribution in [2.75, 3.05) is 13.1 Å². The van der Waals surface area contributed by atoms with Crippen LogP contribution < -0.4 is 10.1 Å². The molecule has 1 aromatic carbocycles. The van der Waals surface area contributed by atoms with E-state index in [9.17, 15) is 19.2 Å². The van der Waals surface area contributed by atoms with Gasteiger partial charge in [-0.05, 0) is 24.3 Å². The first-order valence-electron chi connectivity index (χ1n) is 10.4. The molecule has 10 heteroatoms. The number of amides is 2. The van der Waals surface area contributed by atoms with Gasteiger partial charge < -0.3 is 10.1 Å². The Labute approximate surface area is 197 Å². The number of aromatic nitrogens is 1. The smallest absolute Gasteiger partial charge is 0.230 e. The van der Waals surface area contributed by atoms with Gasteiger partial charge in [0.05, 0.1) is 33.4 Å². The van der Waals surface area contributed by atoms with Crippen molar-refractivity contribution < 1.29 is 18.7 Å². The van der Waals surface area contributed by atoms with Gasteiger partial charge in [-0.3, -0.25) is 19.5 Å². The summed E-state index contributed by atoms with van der Waals surface area (Å²) >= 11 is 7.88. The number of halogens is 2. The zero-order valence-corrected chi connectivity index (χ0v) is 18.9. The third-order valence-electron chi connectivity index (χ3n) is 5.75. The highest BCUT2D eigenvalue weighted by molar-refractivity contribution is 7.19. The summed E-state index contributed by atoms with van der Waals surface area (Å²) in [4.78, 5) is 30.6. The molecule has 0 radical (unpaired) electrons. The van der Waals surface area contributed by atoms with Gasteiger partial charge in [-0.2, -0.15) is 5.26 Å². The molecule has 2 aromatic heterocycles. The molecule has 0 aliphatic carbocycles. The zero-order valence-electron chi connectivity index (χ0n) is 17.3. The Morgan fingerprint density at radius 1 is 1.24 bits per heavy atom. The molecule has 0 bridgehead atoms. The van der Waals surface area contributed by atoms with Crippen LogP contribution in [0, 0.1) is 11.3 Å². The molecule has 2 aliphatic heterocycles. The maximum Gasteiger partial charge on any atom is 0.230 e. The van der Waals surface area contributed by atoms with Crippen LogP contribution in [0.4, 0.5) is 4.39 Å². The fourth-order valence-electron chi connectivity index (χ4n) is 4.10. The number of hydrogen-bond acceptors (Lipinski definition) is 7. The lowest BCUT2D eigenvalue weighted by Gasteiger charge is -2.19. The highest BCUT2D eigenvalue weighted by atomic mass is 35.5. The van der Waals surface area contributed by atoms with E-state index in [4.69, 9.17) is 16.3 Å². The molecule has 3 aromatic rings. The van der Waals surface area contributed by atoms with Crippen LogP contribution in [0.25, 0.3) is 21.3 Å². The van der Waals surface area contributed by atoms with Crippen LogP contribution in [0.3, 0.4) is 0 Å². The number of thiophene rings is 1. The number of nitriles is 1. The molecule has 1 N–H and O–H groups in total. The maximum absolute atomic E-state index is 14.2. The molecule has 33 heavy (non-hydrogen) atoms. The summed E-state index contributed by atoms with van der Waals surface area (Å²) in [7, 11) is 0. The largest absolute Gasteiger partial charge is 0.484 e. The second kappa shape index (κ2) is 8.71. The van der Waals surface area contributed by atoms with Crippen LogP contribution in [-0.2, 0) is 16.1 Å². The van der Waals surface area contributed by atoms with Crippen LogP contribution in [0.2, 0.25) is 5.02 Å². The molecule has 4 heterocycles. The van der Waals surface area contributed by atoms with E-state index >= 15 is 0 Å². The fourth-order valence-corrected chi connectivity index (χ4v) is 5.49. The van der Waals surface area contributed by atoms with Crippen molar-refractivity contribution in [1.82, 2.24) is 15.2 Å². The first-order valence-corrected chi connectivity index (χ1v) is 11.6. The lowest BCUT2D eigenvalue weighted by atomic mass is 10.0. The zero-order chi connectivity index (χ0) is 23.1. The van der Waals surface area contributed by atoms with Crippen LogP contribution in [-0.4, -0.2) is 47.1 Å². The van der Waals surface area contributed by atoms with Crippen molar-refractivity contribution in [3.8, 4) is 22.9 Å². The summed E-state index contributed by atoms with van der Waals surface area (Å²) in [5.74, 6) is -0.0547. The summed E-state index contributed by atoms with van der Waals surface area (Å²) in [5.41, 5.74) is 2.32. The Kier molecular flexibility index (Phi) is 5.74. The third kappa shape index (κ3) is 4.06. The van der Waals surface area contributed by atoms with Gasteiger partial charge in [-0.1, -0.05) is 11.6 Å². The molecule has 0 unspecified atom stereocenters. The topological polar surface area (TPSA) is 95.3 Å². The molecule has 168 valence electrons. The van der Waals surface area contributed by atoms with E-state index < -0.39 is 12.3 Å². The van der Waals surface area contributed by atoms with Crippen LogP contribution in [0.1, 0.15) is 23.3 Å². The van der Waals surface area contributed by atoms with Crippen molar-refractivity contribution in [1.29, 1.82) is 5.26 Å². The average Bonchev–Trinajstić information content (AvgIpc) is 3.49. The number of rotatable bonds is 5. The van der Waals surface area contributed by atoms with Crippen molar-refractivity contribution in [2.45, 2.75) is 31.7 Å². The van der Waals surface area contributed by atoms with Gasteiger partial charge >= 0.3 is 0 Å². The summed E-state index contributed by atoms with van der Waals surface area (Å²) in [6.45, 7) is 0.747. The van der Waals surface area contributed by atoms with E-state index in [1.807, 2.05) is 6.07 Å². The number of nitrogens with zero attached hydrogens (tertiary/aromatic N) is 3. The van der Waals surface area contributed by atoms with Gasteiger partial charge in [0.25, 0.3) is 0 Å². The van der Waals surface area contributed by atoms with Crippen LogP contribution in [0.15, 0.2) is 30.5 Å². The minimum atomic E-state index is -1.18. The third-order valence-corrected chi connectivity index (χ3v) is 7.18. The summed E-state index contributed by atoms with van der Waals surface area (Å²) < 4.78 is 21.0. The van der Waals surface area contributed by atoms with E-state index in [2.05, 4.69) is 16.4 Å². The molecule has 0 saturated carbocycles. The number of hydrogen-bond donors (Lipinski definition) is 1. The molecule has 2 aliphatic rings. The summed E-state index contributed by atoms with van der Waals surface area (Å²) in [6, 6.07) is 8.89. The molecular formula is C23H18ClFN4O3S. The highest BCUT2D eigenvalue weighted by Crippen LogP contribution is 2.43. The number of carbonyl (C=O) groups excluding carboxylic acids is 2. The standard InChI is InChI=1S/C23H18ClFN4O3S/c24-16-6-12(8-26)5-15(22(16)32-19-10-27-9-17(19)25)14-3-4-28-18-7-13(33-23(14)18)11-29-20(30)1-2-21(29)31/h3-7,17,19,27H,1-2,9-11H2/t17-,19+/m0/s1. The van der Waals surface area contributed by atoms with E-state index in [0.717, 1.165) is 15.1 Å². The summed E-state index contributed by atoms with van der Waals surface area (Å²) in [6.07, 6.45) is 0.230. The SMILES string of the molecule is N#Cc1cc(Cl)c(O[C@@H]2CNC[C@@H]2F)c(-c2ccnc3cc(CN4C(=O)CCC4=O)sc23)c1. The quantitative estimate of drug-likeness (QED) is 0.553. The van der Waals surface area contributed by atoms with Crippen LogP contribution >= 0.6 is 22.9 Å². The molecule has 0 spiro atoms. The van der Waals surface area contributed by atoms with Gasteiger partial charge in [0, 0.05) is 48.1 Å². The van der Waals surface area contributed by atoms with E-state index in [0.29, 0.717) is 28.9 Å². The normalized spacial score (nSPS) is 20.6. The number of carbonyl (C=O) groups is 2. The first-order chi connectivity index (χ1) is 15.9. The Hall–Kier alpha value is -3.06. The lowest BCUT2D eigenvalue weighted by Crippen LogP contribution is -2.27. The minimum Gasteiger partial charge on any atom is -0.484 e. The van der Waals surface area contributed by atoms with Gasteiger partial charge in [0.2, 0.25) is 11.8 Å². The summed E-state index contributed by atoms with van der Waals surface area (Å²) in [5, 5.41) is 12.7. The van der Waals surface area contributed by atoms with Crippen LogP contribution in [0.5, 0.6) is 5.75 Å². The van der Waals surface area contributed by atoms with Crippen molar-refractivity contribution in [3.05, 3.63) is 45.9 Å². The molecule has 5 rings (SSSR count). The minimum absolute atomic E-state index is 0.180. The fraction of sp³-hybridized carbons (Fsp3) is 0.304. The number of fused-ring (bicyclic) bond motifs is 1. The Morgan fingerprint density at radius 3 is 2.73 bits per heavy atom. The average molecular weight is 485 g/mol. The molecular weight excluding hydrogens is 467 g/mol. The van der Waals surface area contributed by atoms with Crippen molar-refractivity contribution >= 4 is 45.0 Å². The number of nitrogens with one attached hydrogen (secondary N) is 1. The van der Waals surface area contributed by atoms with E-state index in [1.165, 1.54) is 22.3 Å². The van der Waals surface area contributed by atoms with Gasteiger partial charge in [-0.25, -0.2) is 4.39 Å². The predicted octanol–water partition coefficient (Wildman–Crippen LogP) is 3.83. The van der Waals surface area contributed by atoms with E-state index in [-0.39, 0.29) is 42.8 Å². The van der Waals surface area contributed by atoms with Crippen molar-refractivity contribution in [2.24, 2.45) is 0 Å². The maximum atomic E-state index is 14.2. The van der Waals surface area contributed by atoms with Gasteiger partial charge in [0.15, 0.2) is 6.17 Å². The second-order valence-electron chi connectivity index (χ2n) is 7.94. The number of alkyl halides is 1. The molecule has 2 fully saturated rings. The van der Waals surface area contributed by atoms with Crippen molar-refractivity contribution in [3.63, 3.8) is 0 Å². The Morgan fingerprint density at radius 2 is 2.03 bits per heavy atom. The molecule has 2 atom stereocenters. The molecule has 2 saturated heterocycles. The second-order valence-corrected chi connectivity index (χ2v) is 9.48. The molecule has 7 nitrogen and oxygen atoms in total. The monoisotopic (exact) mass is 484 g/mol.